The van der Waals surface area contributed by atoms with Crippen LogP contribution in [-0.2, 0) is 6.54 Å². The Morgan fingerprint density at radius 3 is 2.83 bits per heavy atom. The van der Waals surface area contributed by atoms with Gasteiger partial charge in [0.15, 0.2) is 0 Å². The van der Waals surface area contributed by atoms with Gasteiger partial charge in [-0.3, -0.25) is 4.98 Å². The number of hydrogen-bond acceptors (Lipinski definition) is 3. The molecule has 3 heteroatoms. The van der Waals surface area contributed by atoms with Crippen molar-refractivity contribution in [3.8, 4) is 0 Å². The minimum Gasteiger partial charge on any atom is -0.311 e. The normalized spacial score (nSPS) is 12.9. The minimum absolute atomic E-state index is 0.795. The van der Waals surface area contributed by atoms with Crippen molar-refractivity contribution in [2.75, 3.05) is 26.2 Å². The van der Waals surface area contributed by atoms with E-state index in [0.29, 0.717) is 0 Å². The van der Waals surface area contributed by atoms with Gasteiger partial charge >= 0.3 is 0 Å². The maximum atomic E-state index is 4.11. The van der Waals surface area contributed by atoms with Crippen LogP contribution in [-0.4, -0.2) is 36.1 Å². The predicted molar refractivity (Wildman–Crippen MR) is 77.5 cm³/mol. The van der Waals surface area contributed by atoms with Crippen molar-refractivity contribution in [3.05, 3.63) is 30.1 Å². The third kappa shape index (κ3) is 6.12. The highest BCUT2D eigenvalue weighted by Crippen LogP contribution is 2.03. The van der Waals surface area contributed by atoms with E-state index in [2.05, 4.69) is 42.0 Å². The van der Waals surface area contributed by atoms with Crippen LogP contribution >= 0.6 is 0 Å². The third-order valence-corrected chi connectivity index (χ3v) is 3.37. The molecule has 0 radical (unpaired) electrons. The fraction of sp³-hybridized carbons (Fsp3) is 0.667. The van der Waals surface area contributed by atoms with Gasteiger partial charge in [0.1, 0.15) is 0 Å². The van der Waals surface area contributed by atoms with Crippen LogP contribution in [0.3, 0.4) is 0 Å². The summed E-state index contributed by atoms with van der Waals surface area (Å²) in [5, 5.41) is 3.48. The number of nitrogens with zero attached hydrogens (tertiary/aromatic N) is 2. The van der Waals surface area contributed by atoms with E-state index in [1.54, 1.807) is 0 Å². The molecule has 1 N–H and O–H groups in total. The second-order valence-corrected chi connectivity index (χ2v) is 4.94. The van der Waals surface area contributed by atoms with E-state index in [1.807, 2.05) is 18.5 Å². The molecule has 0 saturated carbocycles. The maximum Gasteiger partial charge on any atom is 0.0312 e. The van der Waals surface area contributed by atoms with Crippen molar-refractivity contribution in [2.24, 2.45) is 5.92 Å². The Morgan fingerprint density at radius 1 is 1.39 bits per heavy atom. The van der Waals surface area contributed by atoms with E-state index >= 15 is 0 Å². The van der Waals surface area contributed by atoms with Crippen molar-refractivity contribution in [1.82, 2.24) is 15.2 Å². The first-order valence-corrected chi connectivity index (χ1v) is 7.08. The lowest BCUT2D eigenvalue weighted by Gasteiger charge is -2.23. The summed E-state index contributed by atoms with van der Waals surface area (Å²) in [6, 6.07) is 4.09. The Labute approximate surface area is 112 Å². The quantitative estimate of drug-likeness (QED) is 0.682. The van der Waals surface area contributed by atoms with Crippen LogP contribution in [0.15, 0.2) is 24.5 Å². The zero-order valence-corrected chi connectivity index (χ0v) is 12.0. The largest absolute Gasteiger partial charge is 0.311 e. The number of nitrogens with one attached hydrogen (secondary N) is 1. The minimum atomic E-state index is 0.795. The monoisotopic (exact) mass is 249 g/mol. The lowest BCUT2D eigenvalue weighted by atomic mass is 10.1. The van der Waals surface area contributed by atoms with Gasteiger partial charge in [0, 0.05) is 38.6 Å². The molecule has 1 atom stereocenters. The molecular weight excluding hydrogens is 222 g/mol. The fourth-order valence-electron chi connectivity index (χ4n) is 1.92. The fourth-order valence-corrected chi connectivity index (χ4v) is 1.92. The van der Waals surface area contributed by atoms with Crippen molar-refractivity contribution in [2.45, 2.75) is 33.7 Å². The molecule has 1 aromatic heterocycles. The molecule has 1 rings (SSSR count). The zero-order chi connectivity index (χ0) is 13.2. The summed E-state index contributed by atoms with van der Waals surface area (Å²) < 4.78 is 0. The molecule has 1 aromatic rings. The average Bonchev–Trinajstić information content (AvgIpc) is 2.43. The van der Waals surface area contributed by atoms with Crippen LogP contribution in [0.2, 0.25) is 0 Å². The molecule has 0 bridgehead atoms. The van der Waals surface area contributed by atoms with Gasteiger partial charge in [-0.05, 0) is 24.1 Å². The second kappa shape index (κ2) is 9.06. The average molecular weight is 249 g/mol. The topological polar surface area (TPSA) is 28.2 Å². The zero-order valence-electron chi connectivity index (χ0n) is 12.0. The van der Waals surface area contributed by atoms with Gasteiger partial charge in [0.25, 0.3) is 0 Å². The van der Waals surface area contributed by atoms with Gasteiger partial charge in [-0.2, -0.15) is 0 Å². The number of likely N-dealkylation sites (N-methyl/N-ethyl adjacent to an activating group) is 1. The molecule has 3 nitrogen and oxygen atoms in total. The molecule has 1 unspecified atom stereocenters. The van der Waals surface area contributed by atoms with Crippen LogP contribution in [0.25, 0.3) is 0 Å². The molecule has 0 aliphatic carbocycles. The summed E-state index contributed by atoms with van der Waals surface area (Å²) >= 11 is 0. The second-order valence-electron chi connectivity index (χ2n) is 4.94. The van der Waals surface area contributed by atoms with Crippen molar-refractivity contribution in [1.29, 1.82) is 0 Å². The van der Waals surface area contributed by atoms with E-state index in [4.69, 9.17) is 0 Å². The summed E-state index contributed by atoms with van der Waals surface area (Å²) in [6.07, 6.45) is 5.00. The van der Waals surface area contributed by atoms with E-state index < -0.39 is 0 Å². The molecule has 0 aromatic carbocycles. The molecular formula is C15H27N3. The number of aromatic nitrogens is 1. The third-order valence-electron chi connectivity index (χ3n) is 3.37. The summed E-state index contributed by atoms with van der Waals surface area (Å²) in [5.74, 6) is 0.795. The standard InChI is InChI=1S/C15H27N3/c1-4-14(3)13-18(5-2)10-9-17-12-15-7-6-8-16-11-15/h6-8,11,14,17H,4-5,9-10,12-13H2,1-3H3. The van der Waals surface area contributed by atoms with E-state index in [9.17, 15) is 0 Å². The van der Waals surface area contributed by atoms with Gasteiger partial charge in [-0.25, -0.2) is 0 Å². The van der Waals surface area contributed by atoms with E-state index in [0.717, 1.165) is 32.1 Å². The molecule has 1 heterocycles. The number of pyridine rings is 1. The van der Waals surface area contributed by atoms with Gasteiger partial charge in [-0.1, -0.05) is 33.3 Å². The maximum absolute atomic E-state index is 4.11. The molecule has 18 heavy (non-hydrogen) atoms. The molecule has 102 valence electrons. The van der Waals surface area contributed by atoms with Gasteiger partial charge < -0.3 is 10.2 Å². The summed E-state index contributed by atoms with van der Waals surface area (Å²) in [6.45, 7) is 12.3. The SMILES string of the molecule is CCC(C)CN(CC)CCNCc1cccnc1. The van der Waals surface area contributed by atoms with E-state index in [-0.39, 0.29) is 0 Å². The van der Waals surface area contributed by atoms with Gasteiger partial charge in [0.05, 0.1) is 0 Å². The van der Waals surface area contributed by atoms with Crippen LogP contribution in [0, 0.1) is 5.92 Å². The van der Waals surface area contributed by atoms with Gasteiger partial charge in [0.2, 0.25) is 0 Å². The van der Waals surface area contributed by atoms with Gasteiger partial charge in [-0.15, -0.1) is 0 Å². The Bertz CT molecular complexity index is 300. The van der Waals surface area contributed by atoms with Crippen molar-refractivity contribution >= 4 is 0 Å². The number of rotatable bonds is 9. The lowest BCUT2D eigenvalue weighted by Crippen LogP contribution is -2.34. The molecule has 0 saturated heterocycles. The van der Waals surface area contributed by atoms with Crippen LogP contribution in [0.5, 0.6) is 0 Å². The highest BCUT2D eigenvalue weighted by atomic mass is 15.1. The Balaban J connectivity index is 2.15. The summed E-state index contributed by atoms with van der Waals surface area (Å²) in [4.78, 5) is 6.63. The Kier molecular flexibility index (Phi) is 7.62. The lowest BCUT2D eigenvalue weighted by molar-refractivity contribution is 0.245. The highest BCUT2D eigenvalue weighted by molar-refractivity contribution is 5.07. The van der Waals surface area contributed by atoms with Crippen LogP contribution in [0.1, 0.15) is 32.8 Å². The van der Waals surface area contributed by atoms with E-state index in [1.165, 1.54) is 18.5 Å². The van der Waals surface area contributed by atoms with Crippen LogP contribution < -0.4 is 5.32 Å². The molecule has 0 aliphatic rings. The molecule has 0 fully saturated rings. The summed E-state index contributed by atoms with van der Waals surface area (Å²) in [7, 11) is 0. The smallest absolute Gasteiger partial charge is 0.0312 e. The molecule has 0 amide bonds. The first kappa shape index (κ1) is 15.1. The summed E-state index contributed by atoms with van der Waals surface area (Å²) in [5.41, 5.74) is 1.25. The van der Waals surface area contributed by atoms with Crippen LogP contribution in [0.4, 0.5) is 0 Å². The molecule has 0 spiro atoms. The van der Waals surface area contributed by atoms with Crippen molar-refractivity contribution in [3.63, 3.8) is 0 Å². The first-order valence-electron chi connectivity index (χ1n) is 7.08. The first-order chi connectivity index (χ1) is 8.76. The predicted octanol–water partition coefficient (Wildman–Crippen LogP) is 2.54. The molecule has 0 aliphatic heterocycles. The van der Waals surface area contributed by atoms with Crippen molar-refractivity contribution < 1.29 is 0 Å². The number of hydrogen-bond donors (Lipinski definition) is 1. The Hall–Kier alpha value is -0.930. The highest BCUT2D eigenvalue weighted by Gasteiger charge is 2.06. The Morgan fingerprint density at radius 2 is 2.22 bits per heavy atom.